The zero-order valence-electron chi connectivity index (χ0n) is 7.16. The number of nitrogens with zero attached hydrogens (tertiary/aromatic N) is 1. The molecule has 2 aliphatic rings. The Morgan fingerprint density at radius 1 is 1.27 bits per heavy atom. The van der Waals surface area contributed by atoms with Crippen molar-refractivity contribution in [2.24, 2.45) is 5.92 Å². The molecule has 0 aliphatic carbocycles. The Kier molecular flexibility index (Phi) is 1.90. The van der Waals surface area contributed by atoms with Gasteiger partial charge in [0.1, 0.15) is 0 Å². The van der Waals surface area contributed by atoms with E-state index in [9.17, 15) is 0 Å². The Balaban J connectivity index is 2.02. The lowest BCUT2D eigenvalue weighted by atomic mass is 9.92. The standard InChI is InChI=1S/C9H17NO/c1-10-8-2-3-9(10)5-7(4-8)6-11/h7-9,11H,2-6H2,1H3/t7?,8-,9?/m1/s1. The predicted octanol–water partition coefficient (Wildman–Crippen LogP) is 0.851. The third-order valence-electron chi connectivity index (χ3n) is 3.45. The van der Waals surface area contributed by atoms with E-state index in [1.54, 1.807) is 0 Å². The Labute approximate surface area is 68.2 Å². The number of aliphatic hydroxyl groups excluding tert-OH is 1. The van der Waals surface area contributed by atoms with E-state index in [1.165, 1.54) is 25.7 Å². The second-order valence-corrected chi connectivity index (χ2v) is 4.07. The Morgan fingerprint density at radius 3 is 2.27 bits per heavy atom. The lowest BCUT2D eigenvalue weighted by Crippen LogP contribution is -2.40. The quantitative estimate of drug-likeness (QED) is 0.607. The third kappa shape index (κ3) is 1.18. The van der Waals surface area contributed by atoms with Crippen molar-refractivity contribution in [2.45, 2.75) is 37.8 Å². The molecule has 1 N–H and O–H groups in total. The summed E-state index contributed by atoms with van der Waals surface area (Å²) in [6, 6.07) is 1.57. The molecule has 2 unspecified atom stereocenters. The van der Waals surface area contributed by atoms with Gasteiger partial charge in [0, 0.05) is 18.7 Å². The van der Waals surface area contributed by atoms with E-state index in [2.05, 4.69) is 11.9 Å². The van der Waals surface area contributed by atoms with E-state index in [0.717, 1.165) is 12.1 Å². The van der Waals surface area contributed by atoms with Crippen LogP contribution in [0.4, 0.5) is 0 Å². The molecule has 2 aliphatic heterocycles. The second kappa shape index (κ2) is 2.76. The fourth-order valence-corrected chi connectivity index (χ4v) is 2.67. The molecule has 2 heterocycles. The molecule has 3 atom stereocenters. The summed E-state index contributed by atoms with van der Waals surface area (Å²) in [6.07, 6.45) is 5.17. The third-order valence-corrected chi connectivity index (χ3v) is 3.45. The van der Waals surface area contributed by atoms with Crippen LogP contribution in [0, 0.1) is 5.92 Å². The van der Waals surface area contributed by atoms with Gasteiger partial charge in [-0.25, -0.2) is 0 Å². The zero-order valence-corrected chi connectivity index (χ0v) is 7.16. The number of piperidine rings is 1. The lowest BCUT2D eigenvalue weighted by Gasteiger charge is -2.35. The van der Waals surface area contributed by atoms with Gasteiger partial charge in [0.25, 0.3) is 0 Å². The van der Waals surface area contributed by atoms with Gasteiger partial charge in [0.2, 0.25) is 0 Å². The van der Waals surface area contributed by atoms with Crippen molar-refractivity contribution >= 4 is 0 Å². The summed E-state index contributed by atoms with van der Waals surface area (Å²) in [5.74, 6) is 0.601. The van der Waals surface area contributed by atoms with Gasteiger partial charge < -0.3 is 10.0 Å². The zero-order chi connectivity index (χ0) is 7.84. The van der Waals surface area contributed by atoms with E-state index in [0.29, 0.717) is 12.5 Å². The molecule has 64 valence electrons. The SMILES string of the molecule is CN1C2CC[C@@H]1CC(CO)C2. The summed E-state index contributed by atoms with van der Waals surface area (Å²) < 4.78 is 0. The Bertz CT molecular complexity index is 134. The average molecular weight is 155 g/mol. The summed E-state index contributed by atoms with van der Waals surface area (Å²) in [4.78, 5) is 2.51. The van der Waals surface area contributed by atoms with E-state index in [4.69, 9.17) is 5.11 Å². The molecule has 2 saturated heterocycles. The molecule has 0 spiro atoms. The van der Waals surface area contributed by atoms with Crippen LogP contribution in [0.25, 0.3) is 0 Å². The molecule has 0 aromatic rings. The first-order chi connectivity index (χ1) is 5.31. The lowest BCUT2D eigenvalue weighted by molar-refractivity contribution is 0.0945. The molecular weight excluding hydrogens is 138 g/mol. The first kappa shape index (κ1) is 7.56. The number of rotatable bonds is 1. The molecule has 2 fully saturated rings. The fraction of sp³-hybridized carbons (Fsp3) is 1.00. The van der Waals surface area contributed by atoms with Crippen LogP contribution in [0.1, 0.15) is 25.7 Å². The Morgan fingerprint density at radius 2 is 1.82 bits per heavy atom. The Hall–Kier alpha value is -0.0800. The van der Waals surface area contributed by atoms with E-state index in [1.807, 2.05) is 0 Å². The minimum absolute atomic E-state index is 0.404. The first-order valence-corrected chi connectivity index (χ1v) is 4.64. The molecule has 2 bridgehead atoms. The molecule has 0 radical (unpaired) electrons. The van der Waals surface area contributed by atoms with E-state index >= 15 is 0 Å². The molecule has 2 nitrogen and oxygen atoms in total. The molecule has 11 heavy (non-hydrogen) atoms. The van der Waals surface area contributed by atoms with Gasteiger partial charge in [0.05, 0.1) is 0 Å². The summed E-state index contributed by atoms with van der Waals surface area (Å²) in [5.41, 5.74) is 0. The van der Waals surface area contributed by atoms with Crippen molar-refractivity contribution in [2.75, 3.05) is 13.7 Å². The van der Waals surface area contributed by atoms with Crippen LogP contribution in [0.15, 0.2) is 0 Å². The number of hydrogen-bond donors (Lipinski definition) is 1. The minimum atomic E-state index is 0.404. The van der Waals surface area contributed by atoms with Crippen molar-refractivity contribution in [3.8, 4) is 0 Å². The van der Waals surface area contributed by atoms with Gasteiger partial charge >= 0.3 is 0 Å². The monoisotopic (exact) mass is 155 g/mol. The van der Waals surface area contributed by atoms with Crippen molar-refractivity contribution in [3.05, 3.63) is 0 Å². The highest BCUT2D eigenvalue weighted by Gasteiger charge is 2.37. The molecule has 0 aromatic carbocycles. The second-order valence-electron chi connectivity index (χ2n) is 4.07. The molecule has 0 saturated carbocycles. The van der Waals surface area contributed by atoms with Crippen LogP contribution in [0.5, 0.6) is 0 Å². The number of hydrogen-bond acceptors (Lipinski definition) is 2. The van der Waals surface area contributed by atoms with Gasteiger partial charge in [-0.2, -0.15) is 0 Å². The van der Waals surface area contributed by atoms with Crippen molar-refractivity contribution < 1.29 is 5.11 Å². The average Bonchev–Trinajstić information content (AvgIpc) is 2.26. The molecular formula is C9H17NO. The van der Waals surface area contributed by atoms with Gasteiger partial charge in [-0.15, -0.1) is 0 Å². The highest BCUT2D eigenvalue weighted by Crippen LogP contribution is 2.36. The van der Waals surface area contributed by atoms with Crippen LogP contribution in [-0.4, -0.2) is 35.7 Å². The maximum absolute atomic E-state index is 9.02. The normalized spacial score (nSPS) is 44.7. The van der Waals surface area contributed by atoms with E-state index < -0.39 is 0 Å². The van der Waals surface area contributed by atoms with Gasteiger partial charge in [-0.1, -0.05) is 0 Å². The fourth-order valence-electron chi connectivity index (χ4n) is 2.67. The van der Waals surface area contributed by atoms with Crippen molar-refractivity contribution in [3.63, 3.8) is 0 Å². The van der Waals surface area contributed by atoms with Gasteiger partial charge in [-0.3, -0.25) is 0 Å². The van der Waals surface area contributed by atoms with Crippen LogP contribution < -0.4 is 0 Å². The summed E-state index contributed by atoms with van der Waals surface area (Å²) in [6.45, 7) is 0.404. The largest absolute Gasteiger partial charge is 0.396 e. The molecule has 0 amide bonds. The number of aliphatic hydroxyl groups is 1. The van der Waals surface area contributed by atoms with Crippen LogP contribution >= 0.6 is 0 Å². The maximum atomic E-state index is 9.02. The van der Waals surface area contributed by atoms with Gasteiger partial charge in [-0.05, 0) is 38.6 Å². The van der Waals surface area contributed by atoms with Gasteiger partial charge in [0.15, 0.2) is 0 Å². The minimum Gasteiger partial charge on any atom is -0.396 e. The molecule has 2 rings (SSSR count). The smallest absolute Gasteiger partial charge is 0.0460 e. The molecule has 0 aromatic heterocycles. The van der Waals surface area contributed by atoms with Crippen LogP contribution in [-0.2, 0) is 0 Å². The molecule has 2 heteroatoms. The summed E-state index contributed by atoms with van der Waals surface area (Å²) >= 11 is 0. The van der Waals surface area contributed by atoms with Crippen molar-refractivity contribution in [1.29, 1.82) is 0 Å². The van der Waals surface area contributed by atoms with Crippen LogP contribution in [0.3, 0.4) is 0 Å². The summed E-state index contributed by atoms with van der Waals surface area (Å²) in [5, 5.41) is 9.02. The van der Waals surface area contributed by atoms with E-state index in [-0.39, 0.29) is 0 Å². The highest BCUT2D eigenvalue weighted by atomic mass is 16.3. The van der Waals surface area contributed by atoms with Crippen LogP contribution in [0.2, 0.25) is 0 Å². The topological polar surface area (TPSA) is 23.5 Å². The summed E-state index contributed by atoms with van der Waals surface area (Å²) in [7, 11) is 2.23. The highest BCUT2D eigenvalue weighted by molar-refractivity contribution is 4.92. The number of fused-ring (bicyclic) bond motifs is 2. The first-order valence-electron chi connectivity index (χ1n) is 4.64. The predicted molar refractivity (Wildman–Crippen MR) is 44.4 cm³/mol. The van der Waals surface area contributed by atoms with Crippen molar-refractivity contribution in [1.82, 2.24) is 4.90 Å². The maximum Gasteiger partial charge on any atom is 0.0460 e.